The highest BCUT2D eigenvalue weighted by molar-refractivity contribution is 6.30. The van der Waals surface area contributed by atoms with Gasteiger partial charge in [0.05, 0.1) is 18.5 Å². The zero-order valence-electron chi connectivity index (χ0n) is 11.9. The number of carboxylic acids is 1. The molecule has 0 fully saturated rings. The summed E-state index contributed by atoms with van der Waals surface area (Å²) >= 11 is 5.81. The van der Waals surface area contributed by atoms with Crippen molar-refractivity contribution in [1.29, 1.82) is 0 Å². The Labute approximate surface area is 132 Å². The minimum Gasteiger partial charge on any atom is -0.481 e. The largest absolute Gasteiger partial charge is 0.481 e. The van der Waals surface area contributed by atoms with Gasteiger partial charge in [0.25, 0.3) is 0 Å². The maximum absolute atomic E-state index is 11.8. The van der Waals surface area contributed by atoms with Gasteiger partial charge >= 0.3 is 5.97 Å². The molecular formula is C15H15ClN2O4. The highest BCUT2D eigenvalue weighted by Gasteiger charge is 2.14. The lowest BCUT2D eigenvalue weighted by molar-refractivity contribution is -0.137. The van der Waals surface area contributed by atoms with Crippen LogP contribution in [0.3, 0.4) is 0 Å². The smallest absolute Gasteiger partial charge is 0.305 e. The fraction of sp³-hybridized carbons (Fsp3) is 0.267. The molecule has 7 heteroatoms. The number of hydrogen-bond acceptors (Lipinski definition) is 4. The number of halogens is 1. The van der Waals surface area contributed by atoms with Gasteiger partial charge in [-0.25, -0.2) is 4.98 Å². The van der Waals surface area contributed by atoms with Crippen molar-refractivity contribution in [3.05, 3.63) is 41.2 Å². The summed E-state index contributed by atoms with van der Waals surface area (Å²) in [6, 6.07) is 6.55. The lowest BCUT2D eigenvalue weighted by atomic mass is 10.2. The molecule has 6 nitrogen and oxygen atoms in total. The van der Waals surface area contributed by atoms with Crippen molar-refractivity contribution in [3.63, 3.8) is 0 Å². The van der Waals surface area contributed by atoms with E-state index in [1.807, 2.05) is 0 Å². The molecule has 0 aliphatic rings. The summed E-state index contributed by atoms with van der Waals surface area (Å²) in [6.45, 7) is 1.63. The van der Waals surface area contributed by atoms with Crippen LogP contribution in [0.1, 0.15) is 19.0 Å². The SMILES string of the molecule is CC(CC(=O)O)NC(=O)Cc1coc(-c2ccc(Cl)cc2)n1. The third-order valence-electron chi connectivity index (χ3n) is 2.87. The van der Waals surface area contributed by atoms with Crippen LogP contribution in [0.25, 0.3) is 11.5 Å². The maximum Gasteiger partial charge on any atom is 0.305 e. The molecule has 2 rings (SSSR count). The van der Waals surface area contributed by atoms with Crippen LogP contribution in [0.4, 0.5) is 0 Å². The predicted molar refractivity (Wildman–Crippen MR) is 80.5 cm³/mol. The molecule has 1 heterocycles. The Kier molecular flexibility index (Phi) is 5.16. The van der Waals surface area contributed by atoms with Crippen LogP contribution < -0.4 is 5.32 Å². The van der Waals surface area contributed by atoms with Gasteiger partial charge in [-0.2, -0.15) is 0 Å². The Balaban J connectivity index is 1.95. The van der Waals surface area contributed by atoms with E-state index in [0.717, 1.165) is 5.56 Å². The number of carbonyl (C=O) groups is 2. The van der Waals surface area contributed by atoms with Crippen LogP contribution in [-0.2, 0) is 16.0 Å². The highest BCUT2D eigenvalue weighted by atomic mass is 35.5. The van der Waals surface area contributed by atoms with Gasteiger partial charge in [0.15, 0.2) is 0 Å². The van der Waals surface area contributed by atoms with E-state index in [1.165, 1.54) is 6.26 Å². The Morgan fingerprint density at radius 1 is 1.36 bits per heavy atom. The van der Waals surface area contributed by atoms with E-state index in [0.29, 0.717) is 16.6 Å². The molecule has 0 spiro atoms. The number of nitrogens with zero attached hydrogens (tertiary/aromatic N) is 1. The number of nitrogens with one attached hydrogen (secondary N) is 1. The van der Waals surface area contributed by atoms with Crippen LogP contribution in [0, 0.1) is 0 Å². The Hall–Kier alpha value is -2.34. The summed E-state index contributed by atoms with van der Waals surface area (Å²) in [4.78, 5) is 26.6. The topological polar surface area (TPSA) is 92.4 Å². The van der Waals surface area contributed by atoms with Crippen LogP contribution in [-0.4, -0.2) is 28.0 Å². The van der Waals surface area contributed by atoms with Crippen LogP contribution in [0.5, 0.6) is 0 Å². The molecule has 0 aliphatic heterocycles. The number of aliphatic carboxylic acids is 1. The van der Waals surface area contributed by atoms with Gasteiger partial charge in [0.1, 0.15) is 6.26 Å². The summed E-state index contributed by atoms with van der Waals surface area (Å²) in [6.07, 6.45) is 1.31. The first-order valence-electron chi connectivity index (χ1n) is 6.65. The maximum atomic E-state index is 11.8. The molecule has 1 aromatic carbocycles. The second-order valence-corrected chi connectivity index (χ2v) is 5.33. The molecule has 116 valence electrons. The Morgan fingerprint density at radius 2 is 2.05 bits per heavy atom. The number of carbonyl (C=O) groups excluding carboxylic acids is 1. The van der Waals surface area contributed by atoms with Crippen LogP contribution in [0.2, 0.25) is 5.02 Å². The summed E-state index contributed by atoms with van der Waals surface area (Å²) in [5.74, 6) is -0.859. The average molecular weight is 323 g/mol. The Bertz CT molecular complexity index is 666. The summed E-state index contributed by atoms with van der Waals surface area (Å²) in [7, 11) is 0. The Morgan fingerprint density at radius 3 is 2.68 bits per heavy atom. The standard InChI is InChI=1S/C15H15ClN2O4/c1-9(6-14(20)21)17-13(19)7-12-8-22-15(18-12)10-2-4-11(16)5-3-10/h2-5,8-9H,6-7H2,1H3,(H,17,19)(H,20,21). The summed E-state index contributed by atoms with van der Waals surface area (Å²) in [5, 5.41) is 11.9. The first-order valence-corrected chi connectivity index (χ1v) is 7.03. The molecule has 0 saturated carbocycles. The summed E-state index contributed by atoms with van der Waals surface area (Å²) in [5.41, 5.74) is 1.24. The number of rotatable bonds is 6. The van der Waals surface area contributed by atoms with Gasteiger partial charge in [-0.05, 0) is 31.2 Å². The predicted octanol–water partition coefficient (Wildman–Crippen LogP) is 2.52. The van der Waals surface area contributed by atoms with Crippen LogP contribution >= 0.6 is 11.6 Å². The highest BCUT2D eigenvalue weighted by Crippen LogP contribution is 2.21. The molecule has 1 amide bonds. The monoisotopic (exact) mass is 322 g/mol. The molecule has 1 atom stereocenters. The quantitative estimate of drug-likeness (QED) is 0.852. The fourth-order valence-electron chi connectivity index (χ4n) is 1.92. The van der Waals surface area contributed by atoms with E-state index in [-0.39, 0.29) is 18.7 Å². The van der Waals surface area contributed by atoms with E-state index in [9.17, 15) is 9.59 Å². The summed E-state index contributed by atoms with van der Waals surface area (Å²) < 4.78 is 5.33. The number of amides is 1. The number of carboxylic acid groups (broad SMARTS) is 1. The van der Waals surface area contributed by atoms with E-state index >= 15 is 0 Å². The molecule has 22 heavy (non-hydrogen) atoms. The molecule has 0 saturated heterocycles. The minimum absolute atomic E-state index is 0.0288. The molecule has 1 unspecified atom stereocenters. The van der Waals surface area contributed by atoms with Gasteiger partial charge in [0, 0.05) is 16.6 Å². The zero-order chi connectivity index (χ0) is 16.1. The third-order valence-corrected chi connectivity index (χ3v) is 3.12. The second kappa shape index (κ2) is 7.09. The zero-order valence-corrected chi connectivity index (χ0v) is 12.6. The van der Waals surface area contributed by atoms with Crippen LogP contribution in [0.15, 0.2) is 34.9 Å². The van der Waals surface area contributed by atoms with Gasteiger partial charge < -0.3 is 14.8 Å². The van der Waals surface area contributed by atoms with E-state index in [2.05, 4.69) is 10.3 Å². The van der Waals surface area contributed by atoms with Gasteiger partial charge in [-0.15, -0.1) is 0 Å². The van der Waals surface area contributed by atoms with E-state index in [1.54, 1.807) is 31.2 Å². The first-order chi connectivity index (χ1) is 10.4. The average Bonchev–Trinajstić information content (AvgIpc) is 2.86. The van der Waals surface area contributed by atoms with Crippen molar-refractivity contribution < 1.29 is 19.1 Å². The molecular weight excluding hydrogens is 308 g/mol. The number of oxazole rings is 1. The third kappa shape index (κ3) is 4.60. The lowest BCUT2D eigenvalue weighted by Crippen LogP contribution is -2.35. The minimum atomic E-state index is -0.959. The fourth-order valence-corrected chi connectivity index (χ4v) is 2.04. The van der Waals surface area contributed by atoms with E-state index in [4.69, 9.17) is 21.1 Å². The number of aromatic nitrogens is 1. The van der Waals surface area contributed by atoms with Crippen molar-refractivity contribution in [1.82, 2.24) is 10.3 Å². The van der Waals surface area contributed by atoms with Crippen molar-refractivity contribution in [2.75, 3.05) is 0 Å². The number of hydrogen-bond donors (Lipinski definition) is 2. The molecule has 0 radical (unpaired) electrons. The van der Waals surface area contributed by atoms with Gasteiger partial charge in [-0.1, -0.05) is 11.6 Å². The van der Waals surface area contributed by atoms with Crippen molar-refractivity contribution in [2.24, 2.45) is 0 Å². The normalized spacial score (nSPS) is 11.9. The lowest BCUT2D eigenvalue weighted by Gasteiger charge is -2.10. The van der Waals surface area contributed by atoms with Crippen molar-refractivity contribution >= 4 is 23.5 Å². The molecule has 0 bridgehead atoms. The van der Waals surface area contributed by atoms with Crippen molar-refractivity contribution in [3.8, 4) is 11.5 Å². The molecule has 2 aromatic rings. The number of benzene rings is 1. The second-order valence-electron chi connectivity index (χ2n) is 4.89. The molecule has 0 aliphatic carbocycles. The van der Waals surface area contributed by atoms with Crippen molar-refractivity contribution in [2.45, 2.75) is 25.8 Å². The molecule has 1 aromatic heterocycles. The molecule has 2 N–H and O–H groups in total. The van der Waals surface area contributed by atoms with E-state index < -0.39 is 12.0 Å². The van der Waals surface area contributed by atoms with Gasteiger partial charge in [0.2, 0.25) is 11.8 Å². The van der Waals surface area contributed by atoms with Gasteiger partial charge in [-0.3, -0.25) is 9.59 Å². The first kappa shape index (κ1) is 16.0.